The highest BCUT2D eigenvalue weighted by Crippen LogP contribution is 2.49. The predicted molar refractivity (Wildman–Crippen MR) is 147 cm³/mol. The number of nitrogens with one attached hydrogen (secondary N) is 1. The van der Waals surface area contributed by atoms with Gasteiger partial charge in [0.05, 0.1) is 17.9 Å². The molecule has 2 atom stereocenters. The number of carboxylic acid groups (broad SMARTS) is 1. The summed E-state index contributed by atoms with van der Waals surface area (Å²) in [5, 5.41) is 12.4. The van der Waals surface area contributed by atoms with Crippen molar-refractivity contribution in [2.24, 2.45) is 23.2 Å². The molecule has 6 rings (SSSR count). The van der Waals surface area contributed by atoms with Crippen LogP contribution in [0.2, 0.25) is 0 Å². The van der Waals surface area contributed by atoms with E-state index in [4.69, 9.17) is 0 Å². The van der Waals surface area contributed by atoms with Gasteiger partial charge in [-0.05, 0) is 94.1 Å². The number of pyridine rings is 1. The van der Waals surface area contributed by atoms with Gasteiger partial charge in [0.25, 0.3) is 0 Å². The second-order valence-electron chi connectivity index (χ2n) is 13.1. The molecule has 3 saturated carbocycles. The zero-order chi connectivity index (χ0) is 27.9. The molecule has 1 spiro atoms. The zero-order valence-electron chi connectivity index (χ0n) is 23.3. The predicted octanol–water partition coefficient (Wildman–Crippen LogP) is 3.69. The van der Waals surface area contributed by atoms with Crippen LogP contribution in [0.1, 0.15) is 95.1 Å². The van der Waals surface area contributed by atoms with E-state index in [1.165, 1.54) is 0 Å². The number of carbonyl (C=O) groups is 4. The topological polar surface area (TPSA) is 120 Å². The molecule has 216 valence electrons. The molecule has 0 radical (unpaired) electrons. The Morgan fingerprint density at radius 1 is 0.925 bits per heavy atom. The van der Waals surface area contributed by atoms with Crippen molar-refractivity contribution in [3.8, 4) is 0 Å². The van der Waals surface area contributed by atoms with Crippen LogP contribution in [0.3, 0.4) is 0 Å². The summed E-state index contributed by atoms with van der Waals surface area (Å²) in [4.78, 5) is 59.3. The van der Waals surface area contributed by atoms with Crippen LogP contribution < -0.4 is 5.32 Å². The SMILES string of the molecule is O=C(O)C1CCC(NC(=O)C2CCC3(CC2)CCN(C(=O)[C@H]2CC(=O)N(C4CC4)[C@@H]2c2cccnc2)CC3)CC1. The third kappa shape index (κ3) is 5.48. The van der Waals surface area contributed by atoms with Crippen LogP contribution >= 0.6 is 0 Å². The summed E-state index contributed by atoms with van der Waals surface area (Å²) in [5.41, 5.74) is 1.15. The molecule has 2 saturated heterocycles. The maximum Gasteiger partial charge on any atom is 0.306 e. The number of piperidine rings is 1. The standard InChI is InChI=1S/C31H42N4O5/c36-26-18-25(27(35(26)24-7-8-24)22-2-1-15-32-19-22)29(38)34-16-13-31(14-17-34)11-9-20(10-12-31)28(37)33-23-5-3-21(4-6-23)30(39)40/h1-2,15,19-21,23-25,27H,3-14,16-18H2,(H,33,37)(H,39,40)/t21?,23?,25-,27+/m0/s1. The Hall–Kier alpha value is -2.97. The van der Waals surface area contributed by atoms with Crippen LogP contribution in [0.15, 0.2) is 24.5 Å². The second-order valence-corrected chi connectivity index (χ2v) is 13.1. The number of carbonyl (C=O) groups excluding carboxylic acids is 3. The molecule has 3 heterocycles. The highest BCUT2D eigenvalue weighted by molar-refractivity contribution is 5.91. The minimum Gasteiger partial charge on any atom is -0.481 e. The van der Waals surface area contributed by atoms with Crippen LogP contribution in [0, 0.1) is 23.2 Å². The maximum atomic E-state index is 13.8. The lowest BCUT2D eigenvalue weighted by molar-refractivity contribution is -0.143. The molecule has 5 aliphatic rings. The van der Waals surface area contributed by atoms with Crippen LogP contribution in [0.4, 0.5) is 0 Å². The fourth-order valence-corrected chi connectivity index (χ4v) is 7.94. The summed E-state index contributed by atoms with van der Waals surface area (Å²) in [6.45, 7) is 1.44. The fourth-order valence-electron chi connectivity index (χ4n) is 7.94. The number of aromatic nitrogens is 1. The van der Waals surface area contributed by atoms with Crippen LogP contribution in [-0.2, 0) is 19.2 Å². The number of nitrogens with zero attached hydrogens (tertiary/aromatic N) is 3. The monoisotopic (exact) mass is 550 g/mol. The Morgan fingerprint density at radius 3 is 2.23 bits per heavy atom. The minimum atomic E-state index is -0.722. The number of rotatable bonds is 6. The molecule has 9 nitrogen and oxygen atoms in total. The lowest BCUT2D eigenvalue weighted by atomic mass is 9.65. The van der Waals surface area contributed by atoms with Gasteiger partial charge in [0.1, 0.15) is 0 Å². The van der Waals surface area contributed by atoms with E-state index in [0.29, 0.717) is 12.8 Å². The zero-order valence-corrected chi connectivity index (χ0v) is 23.3. The summed E-state index contributed by atoms with van der Waals surface area (Å²) in [7, 11) is 0. The van der Waals surface area contributed by atoms with E-state index in [9.17, 15) is 24.3 Å². The van der Waals surface area contributed by atoms with Gasteiger partial charge in [0.2, 0.25) is 17.7 Å². The second kappa shape index (κ2) is 11.1. The summed E-state index contributed by atoms with van der Waals surface area (Å²) in [6, 6.07) is 4.02. The van der Waals surface area contributed by atoms with Crippen molar-refractivity contribution in [2.45, 2.75) is 102 Å². The van der Waals surface area contributed by atoms with E-state index >= 15 is 0 Å². The average Bonchev–Trinajstić information content (AvgIpc) is 3.75. The van der Waals surface area contributed by atoms with Crippen molar-refractivity contribution in [3.05, 3.63) is 30.1 Å². The van der Waals surface area contributed by atoms with E-state index < -0.39 is 5.97 Å². The van der Waals surface area contributed by atoms with Crippen LogP contribution in [0.5, 0.6) is 0 Å². The first-order chi connectivity index (χ1) is 19.3. The smallest absolute Gasteiger partial charge is 0.306 e. The molecular weight excluding hydrogens is 508 g/mol. The Kier molecular flexibility index (Phi) is 7.57. The van der Waals surface area contributed by atoms with E-state index in [1.807, 2.05) is 21.9 Å². The quantitative estimate of drug-likeness (QED) is 0.558. The Labute approximate surface area is 236 Å². The molecule has 3 amide bonds. The molecule has 1 aromatic heterocycles. The molecule has 40 heavy (non-hydrogen) atoms. The van der Waals surface area contributed by atoms with Gasteiger partial charge in [-0.1, -0.05) is 6.07 Å². The first kappa shape index (κ1) is 27.2. The largest absolute Gasteiger partial charge is 0.481 e. The van der Waals surface area contributed by atoms with Gasteiger partial charge in [-0.2, -0.15) is 0 Å². The van der Waals surface area contributed by atoms with Gasteiger partial charge < -0.3 is 20.2 Å². The molecule has 5 fully saturated rings. The molecular formula is C31H42N4O5. The summed E-state index contributed by atoms with van der Waals surface area (Å²) >= 11 is 0. The van der Waals surface area contributed by atoms with Crippen molar-refractivity contribution in [1.82, 2.24) is 20.1 Å². The maximum absolute atomic E-state index is 13.8. The van der Waals surface area contributed by atoms with Gasteiger partial charge >= 0.3 is 5.97 Å². The highest BCUT2D eigenvalue weighted by Gasteiger charge is 2.51. The molecule has 2 aliphatic heterocycles. The van der Waals surface area contributed by atoms with Crippen molar-refractivity contribution < 1.29 is 24.3 Å². The highest BCUT2D eigenvalue weighted by atomic mass is 16.4. The summed E-state index contributed by atoms with van der Waals surface area (Å²) in [6.07, 6.45) is 14.3. The van der Waals surface area contributed by atoms with Gasteiger partial charge in [-0.25, -0.2) is 0 Å². The molecule has 0 unspecified atom stereocenters. The average molecular weight is 551 g/mol. The first-order valence-corrected chi connectivity index (χ1v) is 15.4. The number of hydrogen-bond acceptors (Lipinski definition) is 5. The first-order valence-electron chi connectivity index (χ1n) is 15.4. The van der Waals surface area contributed by atoms with Crippen LogP contribution in [-0.4, -0.2) is 68.8 Å². The number of amides is 3. The number of aliphatic carboxylic acids is 1. The van der Waals surface area contributed by atoms with E-state index in [1.54, 1.807) is 12.4 Å². The number of carboxylic acids is 1. The van der Waals surface area contributed by atoms with Gasteiger partial charge in [0.15, 0.2) is 0 Å². The number of hydrogen-bond donors (Lipinski definition) is 2. The third-order valence-electron chi connectivity index (χ3n) is 10.6. The van der Waals surface area contributed by atoms with Crippen molar-refractivity contribution in [3.63, 3.8) is 0 Å². The molecule has 9 heteroatoms. The summed E-state index contributed by atoms with van der Waals surface area (Å²) < 4.78 is 0. The Balaban J connectivity index is 1.01. The molecule has 1 aromatic rings. The van der Waals surface area contributed by atoms with Crippen molar-refractivity contribution in [2.75, 3.05) is 13.1 Å². The van der Waals surface area contributed by atoms with E-state index in [2.05, 4.69) is 10.3 Å². The van der Waals surface area contributed by atoms with Gasteiger partial charge in [-0.3, -0.25) is 24.2 Å². The van der Waals surface area contributed by atoms with Crippen molar-refractivity contribution in [1.29, 1.82) is 0 Å². The Bertz CT molecular complexity index is 1110. The minimum absolute atomic E-state index is 0.0284. The normalized spacial score (nSPS) is 30.9. The third-order valence-corrected chi connectivity index (χ3v) is 10.6. The van der Waals surface area contributed by atoms with Crippen molar-refractivity contribution >= 4 is 23.7 Å². The molecule has 3 aliphatic carbocycles. The molecule has 2 N–H and O–H groups in total. The molecule has 0 bridgehead atoms. The lowest BCUT2D eigenvalue weighted by Gasteiger charge is -2.46. The lowest BCUT2D eigenvalue weighted by Crippen LogP contribution is -2.48. The Morgan fingerprint density at radius 2 is 1.62 bits per heavy atom. The van der Waals surface area contributed by atoms with Crippen LogP contribution in [0.25, 0.3) is 0 Å². The van der Waals surface area contributed by atoms with E-state index in [-0.39, 0.29) is 65.4 Å². The fraction of sp³-hybridized carbons (Fsp3) is 0.710. The summed E-state index contributed by atoms with van der Waals surface area (Å²) in [5.74, 6) is -0.986. The number of likely N-dealkylation sites (tertiary alicyclic amines) is 2. The van der Waals surface area contributed by atoms with Gasteiger partial charge in [-0.15, -0.1) is 0 Å². The van der Waals surface area contributed by atoms with Gasteiger partial charge in [0, 0.05) is 49.9 Å². The van der Waals surface area contributed by atoms with E-state index in [0.717, 1.165) is 82.9 Å². The molecule has 0 aromatic carbocycles.